The number of nitrogens with zero attached hydrogens (tertiary/aromatic N) is 3. The largest absolute Gasteiger partial charge is 0.435 e. The van der Waals surface area contributed by atoms with Gasteiger partial charge >= 0.3 is 12.6 Å². The lowest BCUT2D eigenvalue weighted by Crippen LogP contribution is -2.28. The number of urea groups is 1. The summed E-state index contributed by atoms with van der Waals surface area (Å²) in [4.78, 5) is 24.3. The van der Waals surface area contributed by atoms with E-state index < -0.39 is 12.6 Å². The van der Waals surface area contributed by atoms with E-state index in [4.69, 9.17) is 0 Å². The average molecular weight is 374 g/mol. The predicted octanol–water partition coefficient (Wildman–Crippen LogP) is 3.51. The van der Waals surface area contributed by atoms with Gasteiger partial charge in [-0.25, -0.2) is 19.7 Å². The second kappa shape index (κ2) is 8.21. The van der Waals surface area contributed by atoms with E-state index in [2.05, 4.69) is 35.6 Å². The molecule has 0 bridgehead atoms. The predicted molar refractivity (Wildman–Crippen MR) is 96.4 cm³/mol. The fourth-order valence-electron chi connectivity index (χ4n) is 2.25. The van der Waals surface area contributed by atoms with E-state index in [1.807, 2.05) is 0 Å². The zero-order chi connectivity index (χ0) is 19.2. The van der Waals surface area contributed by atoms with Gasteiger partial charge in [0.1, 0.15) is 17.1 Å². The number of amides is 2. The Balaban J connectivity index is 1.80. The Hall–Kier alpha value is -3.56. The maximum Gasteiger partial charge on any atom is 0.387 e. The molecule has 0 saturated carbocycles. The zero-order valence-corrected chi connectivity index (χ0v) is 14.2. The van der Waals surface area contributed by atoms with Crippen molar-refractivity contribution in [3.63, 3.8) is 0 Å². The van der Waals surface area contributed by atoms with Gasteiger partial charge in [-0.3, -0.25) is 5.32 Å². The maximum atomic E-state index is 12.3. The summed E-state index contributed by atoms with van der Waals surface area (Å²) in [6.45, 7) is -0.620. The third kappa shape index (κ3) is 4.97. The van der Waals surface area contributed by atoms with Gasteiger partial charge in [-0.15, -0.1) is 0 Å². The molecule has 0 aliphatic rings. The Labute approximate surface area is 153 Å². The van der Waals surface area contributed by atoms with Crippen molar-refractivity contribution in [2.45, 2.75) is 13.5 Å². The van der Waals surface area contributed by atoms with E-state index in [-0.39, 0.29) is 11.6 Å². The lowest BCUT2D eigenvalue weighted by Gasteiger charge is -2.09. The highest BCUT2D eigenvalue weighted by atomic mass is 19.3. The quantitative estimate of drug-likeness (QED) is 0.610. The molecule has 0 aliphatic heterocycles. The number of benzene rings is 1. The molecule has 2 aromatic heterocycles. The number of carbonyl (C=O) groups is 1. The van der Waals surface area contributed by atoms with Crippen molar-refractivity contribution >= 4 is 34.5 Å². The van der Waals surface area contributed by atoms with Crippen LogP contribution < -0.4 is 20.7 Å². The number of alkyl halides is 2. The standard InChI is InChI=1S/C17H16F2N6O2/c1-2-20-17(26)25-14-9-21-12-6-7-13(23-15(12)24-14)22-10-4-3-5-11(8-10)27-16(18)19/h3-9,16H,2H2,1H3,(H3,20,22,23,24,25,26). The van der Waals surface area contributed by atoms with Crippen LogP contribution in [0.4, 0.5) is 30.9 Å². The van der Waals surface area contributed by atoms with E-state index in [9.17, 15) is 13.6 Å². The molecule has 3 rings (SSSR count). The number of ether oxygens (including phenoxy) is 1. The summed E-state index contributed by atoms with van der Waals surface area (Å²) in [6.07, 6.45) is 1.43. The molecule has 1 aromatic carbocycles. The van der Waals surface area contributed by atoms with Gasteiger partial charge in [-0.05, 0) is 31.2 Å². The number of fused-ring (bicyclic) bond motifs is 1. The first-order chi connectivity index (χ1) is 13.0. The third-order valence-electron chi connectivity index (χ3n) is 3.32. The SMILES string of the molecule is CCNC(=O)Nc1cnc2ccc(Nc3cccc(OC(F)F)c3)nc2n1. The molecule has 0 atom stereocenters. The lowest BCUT2D eigenvalue weighted by molar-refractivity contribution is -0.0498. The highest BCUT2D eigenvalue weighted by Gasteiger charge is 2.08. The minimum absolute atomic E-state index is 0.0315. The Kier molecular flexibility index (Phi) is 5.55. The van der Waals surface area contributed by atoms with Gasteiger partial charge in [0.15, 0.2) is 11.5 Å². The number of halogens is 2. The molecule has 0 aliphatic carbocycles. The summed E-state index contributed by atoms with van der Waals surface area (Å²) in [5, 5.41) is 8.13. The lowest BCUT2D eigenvalue weighted by atomic mass is 10.3. The molecule has 3 N–H and O–H groups in total. The molecule has 27 heavy (non-hydrogen) atoms. The van der Waals surface area contributed by atoms with Gasteiger partial charge in [0, 0.05) is 18.3 Å². The van der Waals surface area contributed by atoms with Crippen LogP contribution in [-0.2, 0) is 0 Å². The summed E-state index contributed by atoms with van der Waals surface area (Å²) in [5.41, 5.74) is 1.37. The molecule has 2 heterocycles. The Morgan fingerprint density at radius 1 is 1.19 bits per heavy atom. The molecule has 0 spiro atoms. The van der Waals surface area contributed by atoms with E-state index in [1.54, 1.807) is 31.2 Å². The highest BCUT2D eigenvalue weighted by Crippen LogP contribution is 2.23. The minimum atomic E-state index is -2.90. The van der Waals surface area contributed by atoms with Gasteiger partial charge in [-0.1, -0.05) is 6.07 Å². The van der Waals surface area contributed by atoms with Crippen LogP contribution in [0.1, 0.15) is 6.92 Å². The van der Waals surface area contributed by atoms with Crippen LogP contribution in [0.15, 0.2) is 42.6 Å². The molecule has 10 heteroatoms. The van der Waals surface area contributed by atoms with Crippen molar-refractivity contribution < 1.29 is 18.3 Å². The fraction of sp³-hybridized carbons (Fsp3) is 0.176. The first-order valence-electron chi connectivity index (χ1n) is 8.04. The topological polar surface area (TPSA) is 101 Å². The molecular weight excluding hydrogens is 358 g/mol. The minimum Gasteiger partial charge on any atom is -0.435 e. The number of hydrogen-bond donors (Lipinski definition) is 3. The zero-order valence-electron chi connectivity index (χ0n) is 14.2. The summed E-state index contributed by atoms with van der Waals surface area (Å²) in [5.74, 6) is 0.718. The average Bonchev–Trinajstić information content (AvgIpc) is 2.61. The molecular formula is C17H16F2N6O2. The van der Waals surface area contributed by atoms with E-state index in [0.717, 1.165) is 0 Å². The van der Waals surface area contributed by atoms with Crippen LogP contribution in [0, 0.1) is 0 Å². The molecule has 3 aromatic rings. The molecule has 0 radical (unpaired) electrons. The van der Waals surface area contributed by atoms with Gasteiger partial charge < -0.3 is 15.4 Å². The van der Waals surface area contributed by atoms with E-state index >= 15 is 0 Å². The number of hydrogen-bond acceptors (Lipinski definition) is 6. The van der Waals surface area contributed by atoms with Crippen LogP contribution >= 0.6 is 0 Å². The second-order valence-corrected chi connectivity index (χ2v) is 5.31. The number of carbonyl (C=O) groups excluding carboxylic acids is 1. The first-order valence-corrected chi connectivity index (χ1v) is 8.04. The van der Waals surface area contributed by atoms with Crippen molar-refractivity contribution in [2.75, 3.05) is 17.2 Å². The fourth-order valence-corrected chi connectivity index (χ4v) is 2.25. The normalized spacial score (nSPS) is 10.7. The summed E-state index contributed by atoms with van der Waals surface area (Å²) >= 11 is 0. The summed E-state index contributed by atoms with van der Waals surface area (Å²) in [6, 6.07) is 9.10. The maximum absolute atomic E-state index is 12.3. The molecule has 0 fully saturated rings. The number of anilines is 3. The van der Waals surface area contributed by atoms with E-state index in [1.165, 1.54) is 18.3 Å². The van der Waals surface area contributed by atoms with Crippen molar-refractivity contribution in [3.8, 4) is 5.75 Å². The first kappa shape index (κ1) is 18.2. The molecule has 0 unspecified atom stereocenters. The van der Waals surface area contributed by atoms with Crippen LogP contribution in [0.25, 0.3) is 11.2 Å². The molecule has 0 saturated heterocycles. The molecule has 140 valence electrons. The van der Waals surface area contributed by atoms with Crippen molar-refractivity contribution in [2.24, 2.45) is 0 Å². The van der Waals surface area contributed by atoms with Crippen LogP contribution in [0.5, 0.6) is 5.75 Å². The number of aromatic nitrogens is 3. The monoisotopic (exact) mass is 374 g/mol. The smallest absolute Gasteiger partial charge is 0.387 e. The Morgan fingerprint density at radius 3 is 2.78 bits per heavy atom. The van der Waals surface area contributed by atoms with Gasteiger partial charge in [0.25, 0.3) is 0 Å². The second-order valence-electron chi connectivity index (χ2n) is 5.31. The van der Waals surface area contributed by atoms with Crippen LogP contribution in [0.2, 0.25) is 0 Å². The van der Waals surface area contributed by atoms with Crippen molar-refractivity contribution in [1.82, 2.24) is 20.3 Å². The van der Waals surface area contributed by atoms with Crippen LogP contribution in [0.3, 0.4) is 0 Å². The number of rotatable bonds is 6. The van der Waals surface area contributed by atoms with E-state index in [0.29, 0.717) is 29.2 Å². The van der Waals surface area contributed by atoms with Gasteiger partial charge in [0.2, 0.25) is 0 Å². The molecule has 2 amide bonds. The summed E-state index contributed by atoms with van der Waals surface area (Å²) < 4.78 is 29.0. The van der Waals surface area contributed by atoms with Crippen molar-refractivity contribution in [1.29, 1.82) is 0 Å². The van der Waals surface area contributed by atoms with Crippen LogP contribution in [-0.4, -0.2) is 34.1 Å². The number of nitrogens with one attached hydrogen (secondary N) is 3. The van der Waals surface area contributed by atoms with Crippen molar-refractivity contribution in [3.05, 3.63) is 42.6 Å². The van der Waals surface area contributed by atoms with Gasteiger partial charge in [0.05, 0.1) is 6.20 Å². The Morgan fingerprint density at radius 2 is 2.00 bits per heavy atom. The number of pyridine rings is 1. The third-order valence-corrected chi connectivity index (χ3v) is 3.32. The summed E-state index contributed by atoms with van der Waals surface area (Å²) in [7, 11) is 0. The Bertz CT molecular complexity index is 954. The molecule has 8 nitrogen and oxygen atoms in total. The highest BCUT2D eigenvalue weighted by molar-refractivity contribution is 5.89. The van der Waals surface area contributed by atoms with Gasteiger partial charge in [-0.2, -0.15) is 8.78 Å².